The molecular weight excluding hydrogens is 210 g/mol. The molecule has 0 heterocycles. The zero-order valence-electron chi connectivity index (χ0n) is 9.28. The molecule has 2 aliphatic rings. The topological polar surface area (TPSA) is 32.6 Å². The van der Waals surface area contributed by atoms with Gasteiger partial charge in [0.15, 0.2) is 0 Å². The molecule has 0 bridgehead atoms. The standard InChI is InChI=1S/C12H18ClNO/c1-8(2)7-9-10-5-3-4-6-12(10,13)11(9)14-15/h3,5,8-10,15H,4,6-7H2,1-2H3. The lowest BCUT2D eigenvalue weighted by Gasteiger charge is -2.52. The number of halogens is 1. The molecule has 0 aromatic heterocycles. The highest BCUT2D eigenvalue weighted by atomic mass is 35.5. The number of allylic oxidation sites excluding steroid dienone is 2. The van der Waals surface area contributed by atoms with Crippen LogP contribution in [0.3, 0.4) is 0 Å². The molecule has 2 nitrogen and oxygen atoms in total. The van der Waals surface area contributed by atoms with Gasteiger partial charge < -0.3 is 5.21 Å². The first-order chi connectivity index (χ1) is 7.09. The van der Waals surface area contributed by atoms with E-state index in [0.717, 1.165) is 25.0 Å². The molecule has 2 rings (SSSR count). The zero-order valence-corrected chi connectivity index (χ0v) is 10.0. The molecule has 1 N–H and O–H groups in total. The van der Waals surface area contributed by atoms with Crippen LogP contribution in [0, 0.1) is 17.8 Å². The molecule has 0 amide bonds. The van der Waals surface area contributed by atoms with Crippen molar-refractivity contribution in [2.75, 3.05) is 0 Å². The molecule has 0 aromatic rings. The highest BCUT2D eigenvalue weighted by Crippen LogP contribution is 2.54. The summed E-state index contributed by atoms with van der Waals surface area (Å²) in [5, 5.41) is 12.5. The Morgan fingerprint density at radius 3 is 3.00 bits per heavy atom. The Labute approximate surface area is 96.0 Å². The van der Waals surface area contributed by atoms with Crippen molar-refractivity contribution in [1.82, 2.24) is 0 Å². The van der Waals surface area contributed by atoms with Crippen LogP contribution in [-0.4, -0.2) is 15.8 Å². The fourth-order valence-electron chi connectivity index (χ4n) is 2.91. The van der Waals surface area contributed by atoms with Gasteiger partial charge in [0.05, 0.1) is 10.6 Å². The van der Waals surface area contributed by atoms with Crippen molar-refractivity contribution >= 4 is 17.3 Å². The SMILES string of the molecule is CC(C)CC1C(=NO)C2(Cl)CCC=CC12. The summed E-state index contributed by atoms with van der Waals surface area (Å²) in [6, 6.07) is 0. The van der Waals surface area contributed by atoms with Crippen LogP contribution in [0.1, 0.15) is 33.1 Å². The molecule has 0 radical (unpaired) electrons. The van der Waals surface area contributed by atoms with Gasteiger partial charge in [-0.2, -0.15) is 0 Å². The summed E-state index contributed by atoms with van der Waals surface area (Å²) in [7, 11) is 0. The van der Waals surface area contributed by atoms with Gasteiger partial charge in [0.25, 0.3) is 0 Å². The van der Waals surface area contributed by atoms with Crippen LogP contribution >= 0.6 is 11.6 Å². The molecule has 3 atom stereocenters. The summed E-state index contributed by atoms with van der Waals surface area (Å²) in [5.74, 6) is 1.34. The smallest absolute Gasteiger partial charge is 0.0934 e. The second-order valence-electron chi connectivity index (χ2n) is 5.08. The van der Waals surface area contributed by atoms with Gasteiger partial charge in [0, 0.05) is 11.8 Å². The van der Waals surface area contributed by atoms with Gasteiger partial charge in [-0.15, -0.1) is 11.6 Å². The first-order valence-electron chi connectivity index (χ1n) is 5.67. The van der Waals surface area contributed by atoms with Crippen molar-refractivity contribution in [2.45, 2.75) is 38.0 Å². The Morgan fingerprint density at radius 1 is 1.67 bits per heavy atom. The second-order valence-corrected chi connectivity index (χ2v) is 5.75. The van der Waals surface area contributed by atoms with Crippen molar-refractivity contribution in [3.8, 4) is 0 Å². The van der Waals surface area contributed by atoms with Crippen molar-refractivity contribution in [3.63, 3.8) is 0 Å². The Kier molecular flexibility index (Phi) is 2.80. The van der Waals surface area contributed by atoms with Crippen LogP contribution in [0.2, 0.25) is 0 Å². The zero-order chi connectivity index (χ0) is 11.1. The van der Waals surface area contributed by atoms with Gasteiger partial charge in [0.2, 0.25) is 0 Å². The first-order valence-corrected chi connectivity index (χ1v) is 6.05. The van der Waals surface area contributed by atoms with Crippen LogP contribution < -0.4 is 0 Å². The number of oxime groups is 1. The number of hydrogen-bond donors (Lipinski definition) is 1. The third-order valence-electron chi connectivity index (χ3n) is 3.59. The molecule has 3 unspecified atom stereocenters. The highest BCUT2D eigenvalue weighted by Gasteiger charge is 2.58. The number of hydrogen-bond acceptors (Lipinski definition) is 2. The van der Waals surface area contributed by atoms with Crippen LogP contribution in [0.15, 0.2) is 17.3 Å². The molecular formula is C12H18ClNO. The molecule has 2 aliphatic carbocycles. The van der Waals surface area contributed by atoms with E-state index in [9.17, 15) is 0 Å². The van der Waals surface area contributed by atoms with Gasteiger partial charge in [-0.05, 0) is 25.2 Å². The summed E-state index contributed by atoms with van der Waals surface area (Å²) in [6.45, 7) is 4.38. The lowest BCUT2D eigenvalue weighted by atomic mass is 9.57. The molecule has 1 saturated carbocycles. The van der Waals surface area contributed by atoms with Crippen molar-refractivity contribution in [2.24, 2.45) is 22.9 Å². The monoisotopic (exact) mass is 227 g/mol. The average molecular weight is 228 g/mol. The molecule has 1 fully saturated rings. The van der Waals surface area contributed by atoms with E-state index in [0.29, 0.717) is 17.8 Å². The third kappa shape index (κ3) is 1.59. The van der Waals surface area contributed by atoms with E-state index in [2.05, 4.69) is 31.2 Å². The molecule has 3 heteroatoms. The minimum atomic E-state index is -0.372. The molecule has 15 heavy (non-hydrogen) atoms. The summed E-state index contributed by atoms with van der Waals surface area (Å²) in [4.78, 5) is -0.372. The fourth-order valence-corrected chi connectivity index (χ4v) is 3.42. The highest BCUT2D eigenvalue weighted by molar-refractivity contribution is 6.39. The summed E-state index contributed by atoms with van der Waals surface area (Å²) < 4.78 is 0. The third-order valence-corrected chi connectivity index (χ3v) is 4.22. The summed E-state index contributed by atoms with van der Waals surface area (Å²) in [5.41, 5.74) is 0.812. The van der Waals surface area contributed by atoms with E-state index in [1.54, 1.807) is 0 Å². The largest absolute Gasteiger partial charge is 0.411 e. The van der Waals surface area contributed by atoms with Crippen molar-refractivity contribution in [1.29, 1.82) is 0 Å². The lowest BCUT2D eigenvalue weighted by molar-refractivity contribution is 0.240. The van der Waals surface area contributed by atoms with E-state index in [1.807, 2.05) is 0 Å². The Bertz CT molecular complexity index is 311. The van der Waals surface area contributed by atoms with Gasteiger partial charge in [-0.25, -0.2) is 0 Å². The van der Waals surface area contributed by atoms with Crippen LogP contribution in [-0.2, 0) is 0 Å². The second kappa shape index (κ2) is 3.82. The van der Waals surface area contributed by atoms with Gasteiger partial charge in [-0.1, -0.05) is 31.2 Å². The minimum Gasteiger partial charge on any atom is -0.411 e. The molecule has 84 valence electrons. The van der Waals surface area contributed by atoms with Gasteiger partial charge in [-0.3, -0.25) is 0 Å². The van der Waals surface area contributed by atoms with E-state index in [1.165, 1.54) is 0 Å². The Balaban J connectivity index is 2.20. The predicted molar refractivity (Wildman–Crippen MR) is 62.6 cm³/mol. The number of fused-ring (bicyclic) bond motifs is 1. The van der Waals surface area contributed by atoms with Crippen LogP contribution in [0.4, 0.5) is 0 Å². The molecule has 0 aliphatic heterocycles. The summed E-state index contributed by atoms with van der Waals surface area (Å²) in [6.07, 6.45) is 7.37. The Hall–Kier alpha value is -0.500. The molecule has 0 saturated heterocycles. The van der Waals surface area contributed by atoms with E-state index in [-0.39, 0.29) is 4.87 Å². The van der Waals surface area contributed by atoms with E-state index < -0.39 is 0 Å². The minimum absolute atomic E-state index is 0.351. The van der Waals surface area contributed by atoms with Gasteiger partial charge >= 0.3 is 0 Å². The molecule has 0 spiro atoms. The number of alkyl halides is 1. The van der Waals surface area contributed by atoms with Crippen LogP contribution in [0.5, 0.6) is 0 Å². The van der Waals surface area contributed by atoms with E-state index in [4.69, 9.17) is 16.8 Å². The maximum Gasteiger partial charge on any atom is 0.0934 e. The quantitative estimate of drug-likeness (QED) is 0.333. The number of nitrogens with zero attached hydrogens (tertiary/aromatic N) is 1. The van der Waals surface area contributed by atoms with E-state index >= 15 is 0 Å². The average Bonchev–Trinajstić information content (AvgIpc) is 2.16. The van der Waals surface area contributed by atoms with Gasteiger partial charge in [0.1, 0.15) is 0 Å². The maximum absolute atomic E-state index is 9.05. The number of rotatable bonds is 2. The fraction of sp³-hybridized carbons (Fsp3) is 0.750. The predicted octanol–water partition coefficient (Wildman–Crippen LogP) is 3.44. The first kappa shape index (κ1) is 11.0. The van der Waals surface area contributed by atoms with Crippen molar-refractivity contribution in [3.05, 3.63) is 12.2 Å². The van der Waals surface area contributed by atoms with Crippen molar-refractivity contribution < 1.29 is 5.21 Å². The van der Waals surface area contributed by atoms with Crippen LogP contribution in [0.25, 0.3) is 0 Å². The maximum atomic E-state index is 9.05. The Morgan fingerprint density at radius 2 is 2.40 bits per heavy atom. The molecule has 0 aromatic carbocycles. The lowest BCUT2D eigenvalue weighted by Crippen LogP contribution is -2.60. The summed E-state index contributed by atoms with van der Waals surface area (Å²) >= 11 is 6.51. The normalized spacial score (nSPS) is 41.7.